The van der Waals surface area contributed by atoms with Crippen LogP contribution in [-0.2, 0) is 20.1 Å². The maximum absolute atomic E-state index is 14.6. The van der Waals surface area contributed by atoms with E-state index in [2.05, 4.69) is 87.1 Å². The molecule has 0 N–H and O–H groups in total. The Balaban J connectivity index is 0.000000211. The van der Waals surface area contributed by atoms with Gasteiger partial charge in [-0.2, -0.15) is 0 Å². The van der Waals surface area contributed by atoms with Gasteiger partial charge in [0, 0.05) is 49.0 Å². The summed E-state index contributed by atoms with van der Waals surface area (Å²) < 4.78 is 20.8. The first-order chi connectivity index (χ1) is 24.2. The van der Waals surface area contributed by atoms with Crippen LogP contribution in [0, 0.1) is 31.8 Å². The van der Waals surface area contributed by atoms with Gasteiger partial charge in [0.1, 0.15) is 11.4 Å². The maximum Gasteiger partial charge on any atom is 0.128 e. The number of hydrogen-bond acceptors (Lipinski definition) is 3. The third kappa shape index (κ3) is 7.69. The van der Waals surface area contributed by atoms with Gasteiger partial charge in [-0.15, -0.1) is 59.7 Å². The van der Waals surface area contributed by atoms with Crippen molar-refractivity contribution in [2.45, 2.75) is 33.5 Å². The van der Waals surface area contributed by atoms with Gasteiger partial charge in [-0.25, -0.2) is 4.39 Å². The van der Waals surface area contributed by atoms with Crippen molar-refractivity contribution in [1.82, 2.24) is 9.97 Å². The van der Waals surface area contributed by atoms with Crippen LogP contribution in [0.1, 0.15) is 11.1 Å². The van der Waals surface area contributed by atoms with Crippen LogP contribution < -0.4 is 5.19 Å². The third-order valence-electron chi connectivity index (χ3n) is 8.93. The molecule has 0 unspecified atom stereocenters. The maximum atomic E-state index is 14.6. The Labute approximate surface area is 313 Å². The van der Waals surface area contributed by atoms with E-state index in [-0.39, 0.29) is 25.9 Å². The van der Waals surface area contributed by atoms with Crippen molar-refractivity contribution in [2.24, 2.45) is 0 Å². The number of pyridine rings is 2. The second kappa shape index (κ2) is 15.1. The molecule has 0 bridgehead atoms. The van der Waals surface area contributed by atoms with E-state index in [1.165, 1.54) is 22.9 Å². The second-order valence-electron chi connectivity index (χ2n) is 13.6. The van der Waals surface area contributed by atoms with Gasteiger partial charge in [0.15, 0.2) is 0 Å². The van der Waals surface area contributed by atoms with Crippen LogP contribution in [0.25, 0.3) is 66.7 Å². The summed E-state index contributed by atoms with van der Waals surface area (Å²) in [6.07, 6.45) is 3.95. The number of nitrogens with zero attached hydrogens (tertiary/aromatic N) is 2. The van der Waals surface area contributed by atoms with Crippen molar-refractivity contribution in [2.75, 3.05) is 0 Å². The number of furan rings is 1. The molecule has 255 valence electrons. The summed E-state index contributed by atoms with van der Waals surface area (Å²) in [5, 5.41) is 3.04. The molecular formula is C45H37FIrN2OSi-2. The Morgan fingerprint density at radius 1 is 0.627 bits per heavy atom. The molecule has 5 aromatic carbocycles. The van der Waals surface area contributed by atoms with Crippen LogP contribution in [0.3, 0.4) is 0 Å². The van der Waals surface area contributed by atoms with E-state index in [4.69, 9.17) is 9.40 Å². The molecular weight excluding hydrogens is 824 g/mol. The Morgan fingerprint density at radius 2 is 1.25 bits per heavy atom. The smallest absolute Gasteiger partial charge is 0.128 e. The van der Waals surface area contributed by atoms with Crippen molar-refractivity contribution in [3.63, 3.8) is 0 Å². The first-order valence-corrected chi connectivity index (χ1v) is 20.3. The summed E-state index contributed by atoms with van der Waals surface area (Å²) in [5.74, 6) is -0.292. The zero-order chi connectivity index (χ0) is 34.8. The molecule has 8 aromatic rings. The summed E-state index contributed by atoms with van der Waals surface area (Å²) in [6.45, 7) is 11.3. The van der Waals surface area contributed by atoms with E-state index in [1.807, 2.05) is 85.1 Å². The molecule has 0 amide bonds. The zero-order valence-electron chi connectivity index (χ0n) is 29.2. The van der Waals surface area contributed by atoms with Gasteiger partial charge in [0.25, 0.3) is 0 Å². The Kier molecular flexibility index (Phi) is 10.6. The molecule has 0 atom stereocenters. The van der Waals surface area contributed by atoms with Crippen molar-refractivity contribution in [3.8, 4) is 44.8 Å². The van der Waals surface area contributed by atoms with Gasteiger partial charge >= 0.3 is 0 Å². The van der Waals surface area contributed by atoms with E-state index in [0.29, 0.717) is 11.2 Å². The summed E-state index contributed by atoms with van der Waals surface area (Å²) in [5.41, 5.74) is 11.5. The van der Waals surface area contributed by atoms with Crippen molar-refractivity contribution < 1.29 is 28.9 Å². The van der Waals surface area contributed by atoms with Gasteiger partial charge in [0.2, 0.25) is 0 Å². The van der Waals surface area contributed by atoms with Gasteiger partial charge in [-0.3, -0.25) is 0 Å². The Hall–Kier alpha value is -5.00. The van der Waals surface area contributed by atoms with Gasteiger partial charge < -0.3 is 14.4 Å². The largest absolute Gasteiger partial charge is 0.500 e. The van der Waals surface area contributed by atoms with Crippen LogP contribution in [0.5, 0.6) is 0 Å². The molecule has 0 spiro atoms. The fraction of sp³-hybridized carbons (Fsp3) is 0.111. The molecule has 0 saturated heterocycles. The minimum Gasteiger partial charge on any atom is -0.500 e. The molecule has 6 heteroatoms. The van der Waals surface area contributed by atoms with Gasteiger partial charge in [-0.05, 0) is 59.2 Å². The third-order valence-corrected chi connectivity index (χ3v) is 11.1. The van der Waals surface area contributed by atoms with E-state index in [9.17, 15) is 4.39 Å². The van der Waals surface area contributed by atoms with Crippen LogP contribution in [0.15, 0.2) is 138 Å². The predicted octanol–water partition coefficient (Wildman–Crippen LogP) is 11.6. The molecule has 0 aliphatic rings. The summed E-state index contributed by atoms with van der Waals surface area (Å²) >= 11 is 0. The minimum atomic E-state index is -1.27. The Bertz CT molecular complexity index is 2440. The van der Waals surface area contributed by atoms with Gasteiger partial charge in [-0.1, -0.05) is 103 Å². The number of halogens is 1. The number of benzene rings is 5. The monoisotopic (exact) mass is 861 g/mol. The number of fused-ring (bicyclic) bond motifs is 3. The quantitative estimate of drug-likeness (QED) is 0.128. The van der Waals surface area contributed by atoms with Crippen LogP contribution >= 0.6 is 0 Å². The molecule has 1 radical (unpaired) electrons. The molecule has 8 rings (SSSR count). The zero-order valence-corrected chi connectivity index (χ0v) is 32.6. The fourth-order valence-electron chi connectivity index (χ4n) is 6.43. The first kappa shape index (κ1) is 35.8. The minimum absolute atomic E-state index is 0. The van der Waals surface area contributed by atoms with E-state index >= 15 is 0 Å². The SMILES string of the molecule is Cc1cc(-c2[c-]cc3oc4c(-c5ccccc5)cc(F)cc4c3c2)ncc1-c1ccccc1.Cc1cc(-c2[c-]cccc2)ncc1[Si](C)(C)C.[Ir]. The number of rotatable bonds is 5. The molecule has 3 nitrogen and oxygen atoms in total. The van der Waals surface area contributed by atoms with E-state index < -0.39 is 8.07 Å². The standard InChI is InChI=1S/C30H19FNO.C15H18NSi.Ir/c1-19-14-28(32-18-27(19)21-10-6-3-7-11-21)22-12-13-29-25(15-22)26-17-23(31)16-24(30(26)33-29)20-8-4-2-5-9-20;1-12-10-14(13-8-6-5-7-9-13)16-11-15(12)17(2,3)4;/h2-11,13-18H,1H3;5-8,10-11H,1-4H3;/q2*-1;. The Morgan fingerprint density at radius 3 is 1.88 bits per heavy atom. The molecule has 0 aliphatic heterocycles. The number of aryl methyl sites for hydroxylation is 2. The average molecular weight is 861 g/mol. The molecule has 0 aliphatic carbocycles. The predicted molar refractivity (Wildman–Crippen MR) is 208 cm³/mol. The van der Waals surface area contributed by atoms with Gasteiger partial charge in [0.05, 0.1) is 13.7 Å². The van der Waals surface area contributed by atoms with Crippen LogP contribution in [0.4, 0.5) is 4.39 Å². The van der Waals surface area contributed by atoms with Crippen molar-refractivity contribution >= 4 is 35.2 Å². The summed E-state index contributed by atoms with van der Waals surface area (Å²) in [4.78, 5) is 9.28. The molecule has 3 heterocycles. The molecule has 0 saturated carbocycles. The topological polar surface area (TPSA) is 38.9 Å². The van der Waals surface area contributed by atoms with Crippen molar-refractivity contribution in [3.05, 3.63) is 163 Å². The summed E-state index contributed by atoms with van der Waals surface area (Å²) in [7, 11) is -1.27. The number of hydrogen-bond donors (Lipinski definition) is 0. The fourth-order valence-corrected chi connectivity index (χ4v) is 8.14. The first-order valence-electron chi connectivity index (χ1n) is 16.8. The normalized spacial score (nSPS) is 11.2. The van der Waals surface area contributed by atoms with E-state index in [0.717, 1.165) is 61.1 Å². The summed E-state index contributed by atoms with van der Waals surface area (Å²) in [6, 6.07) is 45.6. The second-order valence-corrected chi connectivity index (χ2v) is 18.6. The number of aromatic nitrogens is 2. The van der Waals surface area contributed by atoms with Crippen LogP contribution in [-0.4, -0.2) is 18.0 Å². The average Bonchev–Trinajstić information content (AvgIpc) is 3.49. The molecule has 3 aromatic heterocycles. The van der Waals surface area contributed by atoms with Crippen molar-refractivity contribution in [1.29, 1.82) is 0 Å². The van der Waals surface area contributed by atoms with E-state index in [1.54, 1.807) is 0 Å². The van der Waals surface area contributed by atoms with Crippen LogP contribution in [0.2, 0.25) is 19.6 Å². The molecule has 0 fully saturated rings. The molecule has 51 heavy (non-hydrogen) atoms.